The number of hydrogen-bond acceptors (Lipinski definition) is 3. The summed E-state index contributed by atoms with van der Waals surface area (Å²) in [7, 11) is 0. The first-order valence-corrected chi connectivity index (χ1v) is 7.28. The molecule has 1 heterocycles. The van der Waals surface area contributed by atoms with E-state index in [-0.39, 0.29) is 6.10 Å². The van der Waals surface area contributed by atoms with Crippen LogP contribution < -0.4 is 5.32 Å². The lowest BCUT2D eigenvalue weighted by Crippen LogP contribution is -2.52. The molecule has 1 fully saturated rings. The normalized spacial score (nSPS) is 22.3. The second kappa shape index (κ2) is 9.38. The van der Waals surface area contributed by atoms with Crippen molar-refractivity contribution in [1.29, 1.82) is 0 Å². The molecule has 2 unspecified atom stereocenters. The summed E-state index contributed by atoms with van der Waals surface area (Å²) in [4.78, 5) is 2.51. The quantitative estimate of drug-likeness (QED) is 0.700. The first-order chi connectivity index (χ1) is 8.81. The van der Waals surface area contributed by atoms with Gasteiger partial charge in [-0.05, 0) is 32.9 Å². The number of hydrogen-bond donors (Lipinski definition) is 1. The predicted molar refractivity (Wildman–Crippen MR) is 76.6 cm³/mol. The predicted octanol–water partition coefficient (Wildman–Crippen LogP) is 1.88. The summed E-state index contributed by atoms with van der Waals surface area (Å²) in [6.07, 6.45) is 3.55. The monoisotopic (exact) mass is 252 g/mol. The largest absolute Gasteiger partial charge is 0.374 e. The molecule has 0 aromatic carbocycles. The molecule has 1 N–H and O–H groups in total. The van der Waals surface area contributed by atoms with Gasteiger partial charge in [-0.1, -0.05) is 13.8 Å². The van der Waals surface area contributed by atoms with Gasteiger partial charge >= 0.3 is 0 Å². The van der Waals surface area contributed by atoms with Crippen LogP contribution >= 0.6 is 0 Å². The van der Waals surface area contributed by atoms with E-state index in [4.69, 9.17) is 4.74 Å². The van der Waals surface area contributed by atoms with E-state index in [0.29, 0.717) is 6.04 Å². The highest BCUT2D eigenvalue weighted by molar-refractivity contribution is 5.00. The van der Waals surface area contributed by atoms with E-state index in [0.717, 1.165) is 39.1 Å². The smallest absolute Gasteiger partial charge is 0.0864 e. The summed E-state index contributed by atoms with van der Waals surface area (Å²) in [5, 5.41) is 3.58. The first kappa shape index (κ1) is 15.5. The van der Waals surface area contributed by atoms with Gasteiger partial charge in [-0.15, -0.1) is 11.8 Å². The lowest BCUT2D eigenvalue weighted by Gasteiger charge is -2.36. The van der Waals surface area contributed by atoms with Crippen LogP contribution in [-0.2, 0) is 4.74 Å². The van der Waals surface area contributed by atoms with E-state index in [2.05, 4.69) is 35.9 Å². The Kier molecular flexibility index (Phi) is 8.08. The third-order valence-corrected chi connectivity index (χ3v) is 3.32. The molecule has 0 amide bonds. The fraction of sp³-hybridized carbons (Fsp3) is 0.867. The lowest BCUT2D eigenvalue weighted by atomic mass is 10.1. The van der Waals surface area contributed by atoms with Crippen molar-refractivity contribution in [2.75, 3.05) is 32.8 Å². The van der Waals surface area contributed by atoms with Crippen molar-refractivity contribution < 1.29 is 4.74 Å². The fourth-order valence-corrected chi connectivity index (χ4v) is 2.37. The molecule has 104 valence electrons. The van der Waals surface area contributed by atoms with Gasteiger partial charge in [0.05, 0.1) is 12.7 Å². The highest BCUT2D eigenvalue weighted by Gasteiger charge is 2.26. The van der Waals surface area contributed by atoms with E-state index in [1.807, 2.05) is 6.92 Å². The van der Waals surface area contributed by atoms with E-state index in [9.17, 15) is 0 Å². The molecule has 1 saturated heterocycles. The molecule has 18 heavy (non-hydrogen) atoms. The topological polar surface area (TPSA) is 24.5 Å². The Balaban J connectivity index is 2.49. The molecule has 0 spiro atoms. The van der Waals surface area contributed by atoms with Gasteiger partial charge in [-0.25, -0.2) is 0 Å². The molecule has 0 saturated carbocycles. The molecule has 0 aliphatic carbocycles. The zero-order valence-electron chi connectivity index (χ0n) is 12.2. The van der Waals surface area contributed by atoms with Crippen molar-refractivity contribution in [3.63, 3.8) is 0 Å². The fourth-order valence-electron chi connectivity index (χ4n) is 2.37. The van der Waals surface area contributed by atoms with Crippen LogP contribution in [-0.4, -0.2) is 49.8 Å². The molecular formula is C15H28N2O. The van der Waals surface area contributed by atoms with Gasteiger partial charge in [0.1, 0.15) is 0 Å². The molecule has 0 aromatic rings. The van der Waals surface area contributed by atoms with Crippen molar-refractivity contribution in [2.45, 2.75) is 52.2 Å². The summed E-state index contributed by atoms with van der Waals surface area (Å²) in [5.41, 5.74) is 0. The molecule has 1 aliphatic heterocycles. The van der Waals surface area contributed by atoms with Crippen LogP contribution in [0.15, 0.2) is 0 Å². The van der Waals surface area contributed by atoms with Gasteiger partial charge in [-0.2, -0.15) is 0 Å². The summed E-state index contributed by atoms with van der Waals surface area (Å²) in [5.74, 6) is 6.18. The zero-order valence-corrected chi connectivity index (χ0v) is 12.2. The average molecular weight is 252 g/mol. The minimum atomic E-state index is 0.290. The molecule has 0 aromatic heterocycles. The molecule has 1 rings (SSSR count). The molecular weight excluding hydrogens is 224 g/mol. The molecule has 0 bridgehead atoms. The van der Waals surface area contributed by atoms with Crippen molar-refractivity contribution in [3.8, 4) is 11.8 Å². The minimum Gasteiger partial charge on any atom is -0.374 e. The number of morpholine rings is 1. The van der Waals surface area contributed by atoms with Crippen molar-refractivity contribution in [3.05, 3.63) is 0 Å². The van der Waals surface area contributed by atoms with E-state index >= 15 is 0 Å². The molecule has 3 nitrogen and oxygen atoms in total. The minimum absolute atomic E-state index is 0.290. The van der Waals surface area contributed by atoms with Crippen molar-refractivity contribution in [1.82, 2.24) is 10.2 Å². The maximum atomic E-state index is 5.94. The summed E-state index contributed by atoms with van der Waals surface area (Å²) in [6.45, 7) is 11.5. The maximum Gasteiger partial charge on any atom is 0.0864 e. The highest BCUT2D eigenvalue weighted by atomic mass is 16.5. The molecule has 1 aliphatic rings. The Bertz CT molecular complexity index is 267. The Morgan fingerprint density at radius 3 is 2.89 bits per heavy atom. The maximum absolute atomic E-state index is 5.94. The van der Waals surface area contributed by atoms with Gasteiger partial charge in [0.15, 0.2) is 0 Å². The Morgan fingerprint density at radius 1 is 1.39 bits per heavy atom. The third-order valence-electron chi connectivity index (χ3n) is 3.32. The lowest BCUT2D eigenvalue weighted by molar-refractivity contribution is -0.0454. The van der Waals surface area contributed by atoms with Crippen molar-refractivity contribution >= 4 is 0 Å². The van der Waals surface area contributed by atoms with Gasteiger partial charge in [0.2, 0.25) is 0 Å². The van der Waals surface area contributed by atoms with Crippen LogP contribution in [0.3, 0.4) is 0 Å². The Morgan fingerprint density at radius 2 is 2.22 bits per heavy atom. The second-order valence-electron chi connectivity index (χ2n) is 4.90. The van der Waals surface area contributed by atoms with E-state index in [1.54, 1.807) is 0 Å². The highest BCUT2D eigenvalue weighted by Crippen LogP contribution is 2.12. The molecule has 0 radical (unpaired) electrons. The van der Waals surface area contributed by atoms with E-state index < -0.39 is 0 Å². The molecule has 3 heteroatoms. The van der Waals surface area contributed by atoms with Gasteiger partial charge in [-0.3, -0.25) is 4.90 Å². The third kappa shape index (κ3) is 5.39. The number of ether oxygens (including phenoxy) is 1. The number of nitrogens with zero attached hydrogens (tertiary/aromatic N) is 1. The van der Waals surface area contributed by atoms with Gasteiger partial charge < -0.3 is 10.1 Å². The SMILES string of the molecule is CC#CCC(NCCC)C1CN(CCC)CCO1. The van der Waals surface area contributed by atoms with Gasteiger partial charge in [0, 0.05) is 25.6 Å². The van der Waals surface area contributed by atoms with Crippen LogP contribution in [0.1, 0.15) is 40.0 Å². The van der Waals surface area contributed by atoms with Crippen LogP contribution in [0.5, 0.6) is 0 Å². The summed E-state index contributed by atoms with van der Waals surface area (Å²) >= 11 is 0. The average Bonchev–Trinajstić information content (AvgIpc) is 2.40. The van der Waals surface area contributed by atoms with Crippen LogP contribution in [0.4, 0.5) is 0 Å². The van der Waals surface area contributed by atoms with Crippen LogP contribution in [0, 0.1) is 11.8 Å². The second-order valence-corrected chi connectivity index (χ2v) is 4.90. The first-order valence-electron chi connectivity index (χ1n) is 7.28. The van der Waals surface area contributed by atoms with Crippen LogP contribution in [0.25, 0.3) is 0 Å². The van der Waals surface area contributed by atoms with Crippen LogP contribution in [0.2, 0.25) is 0 Å². The van der Waals surface area contributed by atoms with Crippen molar-refractivity contribution in [2.24, 2.45) is 0 Å². The Labute approximate surface area is 112 Å². The summed E-state index contributed by atoms with van der Waals surface area (Å²) < 4.78 is 5.94. The van der Waals surface area contributed by atoms with E-state index in [1.165, 1.54) is 13.0 Å². The Hall–Kier alpha value is -0.560. The molecule has 2 atom stereocenters. The number of nitrogens with one attached hydrogen (secondary N) is 1. The van der Waals surface area contributed by atoms with Gasteiger partial charge in [0.25, 0.3) is 0 Å². The zero-order chi connectivity index (χ0) is 13.2. The standard InChI is InChI=1S/C15H28N2O/c1-4-7-8-14(16-9-5-2)15-13-17(10-6-3)11-12-18-15/h14-16H,5-6,8-13H2,1-3H3. The number of rotatable bonds is 7. The summed E-state index contributed by atoms with van der Waals surface area (Å²) in [6, 6.07) is 0.372.